The van der Waals surface area contributed by atoms with Gasteiger partial charge in [0.05, 0.1) is 11.9 Å². The summed E-state index contributed by atoms with van der Waals surface area (Å²) in [6.07, 6.45) is 5.93. The molecule has 3 aromatic rings. The van der Waals surface area contributed by atoms with Crippen molar-refractivity contribution in [3.63, 3.8) is 0 Å². The Labute approximate surface area is 186 Å². The molecule has 1 aromatic carbocycles. The molecule has 5 rings (SSSR count). The molecule has 0 amide bonds. The highest BCUT2D eigenvalue weighted by Gasteiger charge is 2.29. The average molecular weight is 470 g/mol. The smallest absolute Gasteiger partial charge is 0.387 e. The minimum Gasteiger partial charge on any atom is -0.434 e. The lowest BCUT2D eigenvalue weighted by Gasteiger charge is -2.34. The Hall–Kier alpha value is -2.62. The van der Waals surface area contributed by atoms with Crippen LogP contribution < -0.4 is 9.64 Å². The summed E-state index contributed by atoms with van der Waals surface area (Å²) < 4.78 is 59.0. The molecule has 2 aromatic heterocycles. The summed E-state index contributed by atoms with van der Waals surface area (Å²) in [5.41, 5.74) is 1.44. The average Bonchev–Trinajstić information content (AvgIpc) is 3.49. The third-order valence-corrected chi connectivity index (χ3v) is 6.50. The molecule has 0 atom stereocenters. The molecular formula is C21H20ClF4N5O. The molecule has 0 unspecified atom stereocenters. The van der Waals surface area contributed by atoms with Gasteiger partial charge in [-0.05, 0) is 43.6 Å². The first kappa shape index (κ1) is 21.2. The molecule has 11 heteroatoms. The zero-order chi connectivity index (χ0) is 22.4. The number of halogens is 5. The number of benzene rings is 1. The third kappa shape index (κ3) is 4.07. The monoisotopic (exact) mass is 469 g/mol. The second-order valence-corrected chi connectivity index (χ2v) is 8.66. The van der Waals surface area contributed by atoms with E-state index >= 15 is 0 Å². The topological polar surface area (TPSA) is 55.5 Å². The summed E-state index contributed by atoms with van der Waals surface area (Å²) in [7, 11) is 0. The van der Waals surface area contributed by atoms with Crippen molar-refractivity contribution in [2.75, 3.05) is 18.0 Å². The Balaban J connectivity index is 1.34. The molecule has 6 nitrogen and oxygen atoms in total. The number of piperidine rings is 1. The van der Waals surface area contributed by atoms with E-state index < -0.39 is 18.2 Å². The fourth-order valence-corrected chi connectivity index (χ4v) is 4.56. The maximum absolute atomic E-state index is 13.8. The maximum atomic E-state index is 13.8. The number of alkyl halides is 2. The van der Waals surface area contributed by atoms with Gasteiger partial charge >= 0.3 is 6.61 Å². The van der Waals surface area contributed by atoms with Gasteiger partial charge in [0, 0.05) is 31.1 Å². The molecule has 1 aliphatic heterocycles. The number of fused-ring (bicyclic) bond motifs is 1. The number of rotatable bonds is 6. The van der Waals surface area contributed by atoms with Gasteiger partial charge in [0.2, 0.25) is 0 Å². The van der Waals surface area contributed by atoms with Crippen molar-refractivity contribution in [2.24, 2.45) is 5.92 Å². The SMILES string of the molecule is Fc1cc(OC(F)F)c(C2CCN(c3cnn4c(CC5CC5)nnc4c3Cl)CC2)cc1F. The summed E-state index contributed by atoms with van der Waals surface area (Å²) >= 11 is 6.61. The molecule has 170 valence electrons. The van der Waals surface area contributed by atoms with Crippen LogP contribution in [0.5, 0.6) is 5.75 Å². The molecule has 1 aliphatic carbocycles. The van der Waals surface area contributed by atoms with Crippen LogP contribution in [0.25, 0.3) is 5.65 Å². The molecule has 0 bridgehead atoms. The van der Waals surface area contributed by atoms with E-state index in [1.54, 1.807) is 10.7 Å². The Bertz CT molecular complexity index is 1140. The van der Waals surface area contributed by atoms with Gasteiger partial charge < -0.3 is 9.64 Å². The molecule has 0 radical (unpaired) electrons. The molecule has 1 saturated carbocycles. The first-order valence-electron chi connectivity index (χ1n) is 10.5. The standard InChI is InChI=1S/C21H20ClF4N5O/c22-19-16(10-27-31-18(7-11-1-2-11)28-29-20(19)31)30-5-3-12(4-6-30)13-8-14(23)15(24)9-17(13)32-21(25)26/h8-12,21H,1-7H2. The predicted molar refractivity (Wildman–Crippen MR) is 109 cm³/mol. The molecular weight excluding hydrogens is 450 g/mol. The minimum atomic E-state index is -3.12. The molecule has 0 N–H and O–H groups in total. The van der Waals surface area contributed by atoms with E-state index in [1.807, 2.05) is 4.90 Å². The van der Waals surface area contributed by atoms with Crippen LogP contribution in [-0.2, 0) is 6.42 Å². The largest absolute Gasteiger partial charge is 0.434 e. The van der Waals surface area contributed by atoms with Crippen molar-refractivity contribution < 1.29 is 22.3 Å². The van der Waals surface area contributed by atoms with E-state index in [0.717, 1.165) is 18.3 Å². The van der Waals surface area contributed by atoms with E-state index in [9.17, 15) is 17.6 Å². The van der Waals surface area contributed by atoms with E-state index in [4.69, 9.17) is 11.6 Å². The number of nitrogens with zero attached hydrogens (tertiary/aromatic N) is 5. The first-order valence-corrected chi connectivity index (χ1v) is 10.9. The van der Waals surface area contributed by atoms with Crippen molar-refractivity contribution >= 4 is 22.9 Å². The zero-order valence-electron chi connectivity index (χ0n) is 16.9. The normalized spacial score (nSPS) is 17.5. The third-order valence-electron chi connectivity index (χ3n) is 6.13. The highest BCUT2D eigenvalue weighted by atomic mass is 35.5. The number of aromatic nitrogens is 4. The molecule has 32 heavy (non-hydrogen) atoms. The van der Waals surface area contributed by atoms with E-state index in [1.165, 1.54) is 12.8 Å². The fourth-order valence-electron chi connectivity index (χ4n) is 4.27. The van der Waals surface area contributed by atoms with E-state index in [-0.39, 0.29) is 17.2 Å². The van der Waals surface area contributed by atoms with Crippen molar-refractivity contribution in [1.82, 2.24) is 19.8 Å². The molecule has 2 fully saturated rings. The van der Waals surface area contributed by atoms with Crippen LogP contribution in [0, 0.1) is 17.6 Å². The fraction of sp³-hybridized carbons (Fsp3) is 0.476. The molecule has 1 saturated heterocycles. The summed E-state index contributed by atoms with van der Waals surface area (Å²) in [5.74, 6) is -1.47. The Morgan fingerprint density at radius 3 is 2.47 bits per heavy atom. The van der Waals surface area contributed by atoms with Crippen LogP contribution in [0.1, 0.15) is 43.0 Å². The maximum Gasteiger partial charge on any atom is 0.387 e. The van der Waals surface area contributed by atoms with Gasteiger partial charge in [-0.2, -0.15) is 18.4 Å². The van der Waals surface area contributed by atoms with E-state index in [0.29, 0.717) is 54.3 Å². The second kappa shape index (κ2) is 8.38. The van der Waals surface area contributed by atoms with Gasteiger partial charge in [-0.3, -0.25) is 0 Å². The first-order chi connectivity index (χ1) is 15.4. The van der Waals surface area contributed by atoms with Crippen LogP contribution in [-0.4, -0.2) is 39.5 Å². The Morgan fingerprint density at radius 2 is 1.78 bits per heavy atom. The summed E-state index contributed by atoms with van der Waals surface area (Å²) in [6, 6.07) is 1.63. The zero-order valence-corrected chi connectivity index (χ0v) is 17.7. The summed E-state index contributed by atoms with van der Waals surface area (Å²) in [4.78, 5) is 2.02. The lowest BCUT2D eigenvalue weighted by Crippen LogP contribution is -2.33. The predicted octanol–water partition coefficient (Wildman–Crippen LogP) is 4.99. The van der Waals surface area contributed by atoms with Crippen LogP contribution in [0.4, 0.5) is 23.2 Å². The van der Waals surface area contributed by atoms with E-state index in [2.05, 4.69) is 20.0 Å². The van der Waals surface area contributed by atoms with Crippen molar-refractivity contribution in [3.8, 4) is 5.75 Å². The Kier molecular flexibility index (Phi) is 5.56. The van der Waals surface area contributed by atoms with Crippen LogP contribution in [0.3, 0.4) is 0 Å². The summed E-state index contributed by atoms with van der Waals surface area (Å²) in [5, 5.41) is 13.4. The van der Waals surface area contributed by atoms with Crippen LogP contribution in [0.2, 0.25) is 5.02 Å². The molecule has 2 aliphatic rings. The number of hydrogen-bond acceptors (Lipinski definition) is 5. The molecule has 0 spiro atoms. The van der Waals surface area contributed by atoms with Crippen molar-refractivity contribution in [1.29, 1.82) is 0 Å². The van der Waals surface area contributed by atoms with Crippen molar-refractivity contribution in [2.45, 2.75) is 44.6 Å². The quantitative estimate of drug-likeness (QED) is 0.476. The lowest BCUT2D eigenvalue weighted by atomic mass is 9.88. The van der Waals surface area contributed by atoms with Gasteiger partial charge in [-0.1, -0.05) is 11.6 Å². The van der Waals surface area contributed by atoms with Crippen LogP contribution in [0.15, 0.2) is 18.3 Å². The number of ether oxygens (including phenoxy) is 1. The highest BCUT2D eigenvalue weighted by Crippen LogP contribution is 2.39. The number of hydrogen-bond donors (Lipinski definition) is 0. The van der Waals surface area contributed by atoms with Gasteiger partial charge in [0.1, 0.15) is 10.8 Å². The highest BCUT2D eigenvalue weighted by molar-refractivity contribution is 6.36. The number of anilines is 1. The van der Waals surface area contributed by atoms with Gasteiger partial charge in [0.15, 0.2) is 23.1 Å². The van der Waals surface area contributed by atoms with Gasteiger partial charge in [0.25, 0.3) is 0 Å². The van der Waals surface area contributed by atoms with Gasteiger partial charge in [-0.15, -0.1) is 10.2 Å². The molecule has 3 heterocycles. The summed E-state index contributed by atoms with van der Waals surface area (Å²) in [6.45, 7) is -2.07. The van der Waals surface area contributed by atoms with Gasteiger partial charge in [-0.25, -0.2) is 8.78 Å². The van der Waals surface area contributed by atoms with Crippen LogP contribution >= 0.6 is 11.6 Å². The lowest BCUT2D eigenvalue weighted by molar-refractivity contribution is -0.0509. The second-order valence-electron chi connectivity index (χ2n) is 8.29. The van der Waals surface area contributed by atoms with Crippen molar-refractivity contribution in [3.05, 3.63) is 46.4 Å². The minimum absolute atomic E-state index is 0.241. The Morgan fingerprint density at radius 1 is 1.06 bits per heavy atom.